The number of nitrogens with one attached hydrogen (secondary N) is 1. The molecule has 1 aromatic rings. The van der Waals surface area contributed by atoms with Crippen molar-refractivity contribution >= 4 is 0 Å². The van der Waals surface area contributed by atoms with E-state index in [4.69, 9.17) is 5.73 Å². The summed E-state index contributed by atoms with van der Waals surface area (Å²) in [6.45, 7) is 1.22. The highest BCUT2D eigenvalue weighted by Crippen LogP contribution is 2.28. The second-order valence-electron chi connectivity index (χ2n) is 4.34. The summed E-state index contributed by atoms with van der Waals surface area (Å²) in [6, 6.07) is 3.38. The molecule has 1 fully saturated rings. The maximum atomic E-state index is 13.0. The Balaban J connectivity index is 2.04. The molecule has 1 aliphatic rings. The summed E-state index contributed by atoms with van der Waals surface area (Å²) < 4.78 is 26.1. The summed E-state index contributed by atoms with van der Waals surface area (Å²) in [5, 5.41) is 3.24. The summed E-state index contributed by atoms with van der Waals surface area (Å²) in [5.41, 5.74) is 6.19. The van der Waals surface area contributed by atoms with E-state index >= 15 is 0 Å². The fourth-order valence-electron chi connectivity index (χ4n) is 1.74. The Morgan fingerprint density at radius 2 is 1.88 bits per heavy atom. The average Bonchev–Trinajstić information content (AvgIpc) is 3.01. The first-order valence-corrected chi connectivity index (χ1v) is 5.58. The normalized spacial score (nSPS) is 17.4. The zero-order valence-corrected chi connectivity index (χ0v) is 9.05. The van der Waals surface area contributed by atoms with Gasteiger partial charge in [0.15, 0.2) is 0 Å². The largest absolute Gasteiger partial charge is 0.329 e. The van der Waals surface area contributed by atoms with E-state index in [-0.39, 0.29) is 6.04 Å². The van der Waals surface area contributed by atoms with Crippen molar-refractivity contribution in [2.45, 2.75) is 18.9 Å². The molecule has 1 unspecified atom stereocenters. The zero-order valence-electron chi connectivity index (χ0n) is 9.05. The van der Waals surface area contributed by atoms with Crippen molar-refractivity contribution in [1.82, 2.24) is 5.32 Å². The predicted molar refractivity (Wildman–Crippen MR) is 58.9 cm³/mol. The van der Waals surface area contributed by atoms with Gasteiger partial charge in [-0.25, -0.2) is 8.78 Å². The summed E-state index contributed by atoms with van der Waals surface area (Å²) in [6.07, 6.45) is 2.48. The van der Waals surface area contributed by atoms with E-state index in [1.54, 1.807) is 0 Å². The van der Waals surface area contributed by atoms with Gasteiger partial charge in [0.05, 0.1) is 0 Å². The third-order valence-electron chi connectivity index (χ3n) is 2.87. The first-order chi connectivity index (χ1) is 7.69. The SMILES string of the molecule is NCC(NCC1CC1)c1cc(F)cc(F)c1. The van der Waals surface area contributed by atoms with Crippen molar-refractivity contribution in [3.8, 4) is 0 Å². The molecular weight excluding hydrogens is 210 g/mol. The molecule has 1 aliphatic carbocycles. The van der Waals surface area contributed by atoms with Crippen LogP contribution < -0.4 is 11.1 Å². The molecule has 0 aliphatic heterocycles. The van der Waals surface area contributed by atoms with E-state index in [9.17, 15) is 8.78 Å². The van der Waals surface area contributed by atoms with Gasteiger partial charge in [-0.3, -0.25) is 0 Å². The third-order valence-corrected chi connectivity index (χ3v) is 2.87. The lowest BCUT2D eigenvalue weighted by atomic mass is 10.1. The van der Waals surface area contributed by atoms with Crippen LogP contribution in [0.15, 0.2) is 18.2 Å². The number of benzene rings is 1. The van der Waals surface area contributed by atoms with E-state index in [1.807, 2.05) is 0 Å². The Morgan fingerprint density at radius 3 is 2.38 bits per heavy atom. The van der Waals surface area contributed by atoms with E-state index < -0.39 is 11.6 Å². The Labute approximate surface area is 93.8 Å². The molecule has 88 valence electrons. The van der Waals surface area contributed by atoms with Gasteiger partial charge in [0.25, 0.3) is 0 Å². The smallest absolute Gasteiger partial charge is 0.126 e. The monoisotopic (exact) mass is 226 g/mol. The molecule has 2 nitrogen and oxygen atoms in total. The maximum absolute atomic E-state index is 13.0. The highest BCUT2D eigenvalue weighted by atomic mass is 19.1. The van der Waals surface area contributed by atoms with Crippen LogP contribution in [-0.4, -0.2) is 13.1 Å². The van der Waals surface area contributed by atoms with E-state index in [0.717, 1.165) is 12.6 Å². The molecule has 3 N–H and O–H groups in total. The van der Waals surface area contributed by atoms with Crippen LogP contribution >= 0.6 is 0 Å². The summed E-state index contributed by atoms with van der Waals surface area (Å²) in [5.74, 6) is -0.393. The quantitative estimate of drug-likeness (QED) is 0.805. The van der Waals surface area contributed by atoms with E-state index in [1.165, 1.54) is 25.0 Å². The Morgan fingerprint density at radius 1 is 1.25 bits per heavy atom. The number of rotatable bonds is 5. The Hall–Kier alpha value is -1.00. The van der Waals surface area contributed by atoms with Gasteiger partial charge in [0.2, 0.25) is 0 Å². The van der Waals surface area contributed by atoms with Crippen molar-refractivity contribution < 1.29 is 8.78 Å². The van der Waals surface area contributed by atoms with Gasteiger partial charge in [-0.05, 0) is 43.0 Å². The molecular formula is C12H16F2N2. The van der Waals surface area contributed by atoms with E-state index in [0.29, 0.717) is 18.0 Å². The van der Waals surface area contributed by atoms with Gasteiger partial charge in [-0.2, -0.15) is 0 Å². The number of nitrogens with two attached hydrogens (primary N) is 1. The van der Waals surface area contributed by atoms with Crippen LogP contribution in [0.25, 0.3) is 0 Å². The van der Waals surface area contributed by atoms with Crippen LogP contribution in [0.3, 0.4) is 0 Å². The van der Waals surface area contributed by atoms with Gasteiger partial charge < -0.3 is 11.1 Å². The van der Waals surface area contributed by atoms with E-state index in [2.05, 4.69) is 5.32 Å². The van der Waals surface area contributed by atoms with Crippen molar-refractivity contribution in [3.63, 3.8) is 0 Å². The minimum absolute atomic E-state index is 0.161. The lowest BCUT2D eigenvalue weighted by Gasteiger charge is -2.17. The zero-order chi connectivity index (χ0) is 11.5. The number of halogens is 2. The van der Waals surface area contributed by atoms with Gasteiger partial charge in [0, 0.05) is 18.7 Å². The lowest BCUT2D eigenvalue weighted by Crippen LogP contribution is -2.30. The molecule has 0 heterocycles. The highest BCUT2D eigenvalue weighted by molar-refractivity contribution is 5.21. The fourth-order valence-corrected chi connectivity index (χ4v) is 1.74. The third kappa shape index (κ3) is 3.00. The summed E-state index contributed by atoms with van der Waals surface area (Å²) in [4.78, 5) is 0. The topological polar surface area (TPSA) is 38.0 Å². The molecule has 0 aromatic heterocycles. The van der Waals surface area contributed by atoms with Crippen molar-refractivity contribution in [2.75, 3.05) is 13.1 Å². The predicted octanol–water partition coefficient (Wildman–Crippen LogP) is 1.96. The Bertz CT molecular complexity index is 344. The summed E-state index contributed by atoms with van der Waals surface area (Å²) >= 11 is 0. The molecule has 4 heteroatoms. The Kier molecular flexibility index (Phi) is 3.51. The van der Waals surface area contributed by atoms with Crippen LogP contribution in [0, 0.1) is 17.6 Å². The molecule has 1 saturated carbocycles. The van der Waals surface area contributed by atoms with Crippen LogP contribution in [0.5, 0.6) is 0 Å². The van der Waals surface area contributed by atoms with Crippen molar-refractivity contribution in [1.29, 1.82) is 0 Å². The fraction of sp³-hybridized carbons (Fsp3) is 0.500. The molecule has 2 rings (SSSR count). The number of hydrogen-bond donors (Lipinski definition) is 2. The molecule has 0 bridgehead atoms. The average molecular weight is 226 g/mol. The molecule has 0 amide bonds. The molecule has 1 atom stereocenters. The molecule has 0 radical (unpaired) electrons. The highest BCUT2D eigenvalue weighted by Gasteiger charge is 2.22. The van der Waals surface area contributed by atoms with Gasteiger partial charge in [0.1, 0.15) is 11.6 Å². The second kappa shape index (κ2) is 4.89. The van der Waals surface area contributed by atoms with Crippen LogP contribution in [-0.2, 0) is 0 Å². The minimum atomic E-state index is -0.554. The van der Waals surface area contributed by atoms with Gasteiger partial charge >= 0.3 is 0 Å². The lowest BCUT2D eigenvalue weighted by molar-refractivity contribution is 0.510. The van der Waals surface area contributed by atoms with Gasteiger partial charge in [-0.1, -0.05) is 0 Å². The first kappa shape index (κ1) is 11.5. The van der Waals surface area contributed by atoms with Crippen molar-refractivity contribution in [3.05, 3.63) is 35.4 Å². The first-order valence-electron chi connectivity index (χ1n) is 5.58. The number of hydrogen-bond acceptors (Lipinski definition) is 2. The molecule has 16 heavy (non-hydrogen) atoms. The molecule has 0 spiro atoms. The molecule has 0 saturated heterocycles. The summed E-state index contributed by atoms with van der Waals surface area (Å²) in [7, 11) is 0. The maximum Gasteiger partial charge on any atom is 0.126 e. The second-order valence-corrected chi connectivity index (χ2v) is 4.34. The van der Waals surface area contributed by atoms with Crippen LogP contribution in [0.4, 0.5) is 8.78 Å². The van der Waals surface area contributed by atoms with Gasteiger partial charge in [-0.15, -0.1) is 0 Å². The minimum Gasteiger partial charge on any atom is -0.329 e. The van der Waals surface area contributed by atoms with Crippen molar-refractivity contribution in [2.24, 2.45) is 11.7 Å². The van der Waals surface area contributed by atoms with Crippen LogP contribution in [0.1, 0.15) is 24.4 Å². The molecule has 1 aromatic carbocycles. The standard InChI is InChI=1S/C12H16F2N2/c13-10-3-9(4-11(14)5-10)12(6-15)16-7-8-1-2-8/h3-5,8,12,16H,1-2,6-7,15H2. The van der Waals surface area contributed by atoms with Crippen LogP contribution in [0.2, 0.25) is 0 Å².